The number of primary sulfonamides is 1. The van der Waals surface area contributed by atoms with Gasteiger partial charge in [-0.2, -0.15) is 0 Å². The lowest BCUT2D eigenvalue weighted by Crippen LogP contribution is -2.14. The summed E-state index contributed by atoms with van der Waals surface area (Å²) < 4.78 is 21.9. The zero-order chi connectivity index (χ0) is 14.6. The van der Waals surface area contributed by atoms with Gasteiger partial charge in [0, 0.05) is 11.3 Å². The summed E-state index contributed by atoms with van der Waals surface area (Å²) in [7, 11) is -3.54. The Bertz CT molecular complexity index is 695. The van der Waals surface area contributed by atoms with Crippen LogP contribution in [0.5, 0.6) is 0 Å². The van der Waals surface area contributed by atoms with Crippen molar-refractivity contribution in [2.24, 2.45) is 5.14 Å². The number of nitrogens with one attached hydrogen (secondary N) is 1. The molecule has 0 aliphatic heterocycles. The van der Waals surface area contributed by atoms with E-state index in [2.05, 4.69) is 5.32 Å². The maximum Gasteiger partial charge on any atom is 0.255 e. The quantitative estimate of drug-likeness (QED) is 0.898. The van der Waals surface area contributed by atoms with Crippen molar-refractivity contribution >= 4 is 21.6 Å². The minimum atomic E-state index is -3.54. The minimum absolute atomic E-state index is 0.218. The van der Waals surface area contributed by atoms with Crippen LogP contribution in [0.3, 0.4) is 0 Å². The Hall–Kier alpha value is -2.18. The Kier molecular flexibility index (Phi) is 4.16. The fourth-order valence-electron chi connectivity index (χ4n) is 1.71. The first-order chi connectivity index (χ1) is 9.44. The normalized spacial score (nSPS) is 11.1. The lowest BCUT2D eigenvalue weighted by atomic mass is 10.2. The van der Waals surface area contributed by atoms with Crippen molar-refractivity contribution < 1.29 is 13.2 Å². The number of hydrogen-bond donors (Lipinski definition) is 2. The Morgan fingerprint density at radius 2 is 1.60 bits per heavy atom. The van der Waals surface area contributed by atoms with Crippen LogP contribution in [0.25, 0.3) is 0 Å². The van der Waals surface area contributed by atoms with E-state index in [0.717, 1.165) is 0 Å². The standard InChI is InChI=1S/C14H14N2O3S/c15-20(18,19)10-11-6-8-13(9-7-11)16-14(17)12-4-2-1-3-5-12/h1-9H,10H2,(H,16,17)(H2,15,18,19). The minimum Gasteiger partial charge on any atom is -0.322 e. The predicted molar refractivity (Wildman–Crippen MR) is 77.6 cm³/mol. The van der Waals surface area contributed by atoms with Gasteiger partial charge in [-0.1, -0.05) is 30.3 Å². The molecule has 104 valence electrons. The summed E-state index contributed by atoms with van der Waals surface area (Å²) in [5, 5.41) is 7.69. The summed E-state index contributed by atoms with van der Waals surface area (Å²) >= 11 is 0. The van der Waals surface area contributed by atoms with E-state index in [1.54, 1.807) is 48.5 Å². The van der Waals surface area contributed by atoms with Crippen LogP contribution in [0, 0.1) is 0 Å². The number of sulfonamides is 1. The Morgan fingerprint density at radius 3 is 2.15 bits per heavy atom. The van der Waals surface area contributed by atoms with Crippen LogP contribution in [0.15, 0.2) is 54.6 Å². The maximum absolute atomic E-state index is 11.9. The second-order valence-corrected chi connectivity index (χ2v) is 5.94. The molecule has 0 aromatic heterocycles. The van der Waals surface area contributed by atoms with Gasteiger partial charge in [-0.3, -0.25) is 4.79 Å². The van der Waals surface area contributed by atoms with E-state index in [1.807, 2.05) is 6.07 Å². The second kappa shape index (κ2) is 5.85. The summed E-state index contributed by atoms with van der Waals surface area (Å²) in [6, 6.07) is 15.3. The average Bonchev–Trinajstić information content (AvgIpc) is 2.40. The van der Waals surface area contributed by atoms with Gasteiger partial charge in [0.15, 0.2) is 0 Å². The van der Waals surface area contributed by atoms with Gasteiger partial charge >= 0.3 is 0 Å². The largest absolute Gasteiger partial charge is 0.322 e. The molecule has 0 unspecified atom stereocenters. The fraction of sp³-hybridized carbons (Fsp3) is 0.0714. The summed E-state index contributed by atoms with van der Waals surface area (Å²) in [4.78, 5) is 11.9. The van der Waals surface area contributed by atoms with Crippen molar-refractivity contribution in [2.75, 3.05) is 5.32 Å². The third-order valence-corrected chi connectivity index (χ3v) is 3.35. The molecule has 20 heavy (non-hydrogen) atoms. The van der Waals surface area contributed by atoms with Crippen LogP contribution in [-0.2, 0) is 15.8 Å². The smallest absolute Gasteiger partial charge is 0.255 e. The van der Waals surface area contributed by atoms with Gasteiger partial charge in [0.1, 0.15) is 0 Å². The average molecular weight is 290 g/mol. The number of carbonyl (C=O) groups is 1. The molecule has 0 saturated carbocycles. The first kappa shape index (κ1) is 14.2. The number of carbonyl (C=O) groups excluding carboxylic acids is 1. The highest BCUT2D eigenvalue weighted by atomic mass is 32.2. The SMILES string of the molecule is NS(=O)(=O)Cc1ccc(NC(=O)c2ccccc2)cc1. The van der Waals surface area contributed by atoms with Crippen molar-refractivity contribution in [1.82, 2.24) is 0 Å². The molecule has 2 rings (SSSR count). The second-order valence-electron chi connectivity index (χ2n) is 4.32. The molecule has 3 N–H and O–H groups in total. The Balaban J connectivity index is 2.06. The first-order valence-electron chi connectivity index (χ1n) is 5.90. The van der Waals surface area contributed by atoms with Gasteiger partial charge < -0.3 is 5.32 Å². The number of benzene rings is 2. The molecule has 1 amide bonds. The molecule has 0 spiro atoms. The number of rotatable bonds is 4. The molecule has 2 aromatic rings. The van der Waals surface area contributed by atoms with Gasteiger partial charge in [-0.25, -0.2) is 13.6 Å². The third-order valence-electron chi connectivity index (χ3n) is 2.62. The van der Waals surface area contributed by atoms with Crippen LogP contribution in [0.2, 0.25) is 0 Å². The summed E-state index contributed by atoms with van der Waals surface area (Å²) in [5.74, 6) is -0.440. The van der Waals surface area contributed by atoms with Crippen LogP contribution in [-0.4, -0.2) is 14.3 Å². The van der Waals surface area contributed by atoms with Crippen molar-refractivity contribution in [3.63, 3.8) is 0 Å². The maximum atomic E-state index is 11.9. The van der Waals surface area contributed by atoms with E-state index in [0.29, 0.717) is 16.8 Å². The number of hydrogen-bond acceptors (Lipinski definition) is 3. The van der Waals surface area contributed by atoms with Gasteiger partial charge in [-0.05, 0) is 29.8 Å². The van der Waals surface area contributed by atoms with E-state index >= 15 is 0 Å². The van der Waals surface area contributed by atoms with E-state index in [4.69, 9.17) is 5.14 Å². The van der Waals surface area contributed by atoms with Gasteiger partial charge in [0.25, 0.3) is 5.91 Å². The highest BCUT2D eigenvalue weighted by molar-refractivity contribution is 7.88. The molecule has 0 heterocycles. The van der Waals surface area contributed by atoms with Gasteiger partial charge in [0.2, 0.25) is 10.0 Å². The highest BCUT2D eigenvalue weighted by Crippen LogP contribution is 2.12. The molecule has 0 aliphatic carbocycles. The summed E-state index contributed by atoms with van der Waals surface area (Å²) in [5.41, 5.74) is 1.73. The Morgan fingerprint density at radius 1 is 1.00 bits per heavy atom. The van der Waals surface area contributed by atoms with E-state index in [1.165, 1.54) is 0 Å². The van der Waals surface area contributed by atoms with E-state index in [-0.39, 0.29) is 11.7 Å². The van der Waals surface area contributed by atoms with Crippen LogP contribution in [0.4, 0.5) is 5.69 Å². The zero-order valence-corrected chi connectivity index (χ0v) is 11.4. The predicted octanol–water partition coefficient (Wildman–Crippen LogP) is 1.73. The molecule has 2 aromatic carbocycles. The first-order valence-corrected chi connectivity index (χ1v) is 7.61. The van der Waals surface area contributed by atoms with Crippen molar-refractivity contribution in [2.45, 2.75) is 5.75 Å². The van der Waals surface area contributed by atoms with Crippen molar-refractivity contribution in [3.8, 4) is 0 Å². The van der Waals surface area contributed by atoms with Crippen molar-refractivity contribution in [1.29, 1.82) is 0 Å². The van der Waals surface area contributed by atoms with E-state index < -0.39 is 10.0 Å². The molecular weight excluding hydrogens is 276 g/mol. The zero-order valence-electron chi connectivity index (χ0n) is 10.6. The van der Waals surface area contributed by atoms with Crippen LogP contribution in [0.1, 0.15) is 15.9 Å². The molecule has 0 aliphatic rings. The van der Waals surface area contributed by atoms with Crippen molar-refractivity contribution in [3.05, 3.63) is 65.7 Å². The molecule has 0 saturated heterocycles. The van der Waals surface area contributed by atoms with Gasteiger partial charge in [-0.15, -0.1) is 0 Å². The van der Waals surface area contributed by atoms with Gasteiger partial charge in [0.05, 0.1) is 5.75 Å². The molecule has 0 atom stereocenters. The molecule has 0 bridgehead atoms. The molecule has 6 heteroatoms. The molecule has 5 nitrogen and oxygen atoms in total. The fourth-order valence-corrected chi connectivity index (χ4v) is 2.37. The number of anilines is 1. The topological polar surface area (TPSA) is 89.3 Å². The molecule has 0 radical (unpaired) electrons. The monoisotopic (exact) mass is 290 g/mol. The lowest BCUT2D eigenvalue weighted by Gasteiger charge is -2.06. The number of amides is 1. The highest BCUT2D eigenvalue weighted by Gasteiger charge is 2.07. The third kappa shape index (κ3) is 4.18. The lowest BCUT2D eigenvalue weighted by molar-refractivity contribution is 0.102. The summed E-state index contributed by atoms with van der Waals surface area (Å²) in [6.07, 6.45) is 0. The molecule has 0 fully saturated rings. The summed E-state index contributed by atoms with van der Waals surface area (Å²) in [6.45, 7) is 0. The van der Waals surface area contributed by atoms with Crippen LogP contribution < -0.4 is 10.5 Å². The number of nitrogens with two attached hydrogens (primary N) is 1. The Labute approximate surface area is 117 Å². The molecular formula is C14H14N2O3S. The van der Waals surface area contributed by atoms with Crippen LogP contribution >= 0.6 is 0 Å². The van der Waals surface area contributed by atoms with E-state index in [9.17, 15) is 13.2 Å².